The highest BCUT2D eigenvalue weighted by Gasteiger charge is 2.38. The Bertz CT molecular complexity index is 322. The summed E-state index contributed by atoms with van der Waals surface area (Å²) < 4.78 is 5.70. The van der Waals surface area contributed by atoms with Gasteiger partial charge < -0.3 is 20.1 Å². The number of aliphatic hydroxyl groups is 1. The Labute approximate surface area is 114 Å². The van der Waals surface area contributed by atoms with Crippen molar-refractivity contribution in [3.8, 4) is 0 Å². The number of carbonyl (C=O) groups is 1. The first-order chi connectivity index (χ1) is 9.26. The number of nitrogens with one attached hydrogen (secondary N) is 1. The largest absolute Gasteiger partial charge is 0.395 e. The minimum absolute atomic E-state index is 0.0267. The molecule has 0 aromatic rings. The first kappa shape index (κ1) is 14.3. The first-order valence-electron chi connectivity index (χ1n) is 7.15. The summed E-state index contributed by atoms with van der Waals surface area (Å²) in [5, 5.41) is 12.1. The lowest BCUT2D eigenvalue weighted by atomic mass is 9.82. The van der Waals surface area contributed by atoms with E-state index in [0.717, 1.165) is 32.3 Å². The number of hydrogen-bond acceptors (Lipinski definition) is 3. The molecule has 1 aliphatic heterocycles. The third-order valence-electron chi connectivity index (χ3n) is 4.10. The number of rotatable bonds is 5. The van der Waals surface area contributed by atoms with Gasteiger partial charge in [0.05, 0.1) is 12.7 Å². The molecule has 1 aliphatic carbocycles. The molecule has 2 amide bonds. The summed E-state index contributed by atoms with van der Waals surface area (Å²) in [7, 11) is 0. The summed E-state index contributed by atoms with van der Waals surface area (Å²) >= 11 is 0. The minimum Gasteiger partial charge on any atom is -0.395 e. The van der Waals surface area contributed by atoms with E-state index in [0.29, 0.717) is 25.1 Å². The highest BCUT2D eigenvalue weighted by Crippen LogP contribution is 2.34. The Morgan fingerprint density at radius 2 is 2.32 bits per heavy atom. The van der Waals surface area contributed by atoms with Crippen LogP contribution in [0, 0.1) is 5.92 Å². The fraction of sp³-hybridized carbons (Fsp3) is 0.786. The average Bonchev–Trinajstić information content (AvgIpc) is 2.88. The molecule has 5 heteroatoms. The number of carbonyl (C=O) groups excluding carboxylic acids is 1. The van der Waals surface area contributed by atoms with Gasteiger partial charge in [0.25, 0.3) is 0 Å². The molecular weight excluding hydrogens is 244 g/mol. The van der Waals surface area contributed by atoms with Crippen LogP contribution < -0.4 is 5.32 Å². The van der Waals surface area contributed by atoms with E-state index in [1.54, 1.807) is 11.0 Å². The van der Waals surface area contributed by atoms with E-state index in [2.05, 4.69) is 11.9 Å². The average molecular weight is 268 g/mol. The van der Waals surface area contributed by atoms with Gasteiger partial charge in [0.15, 0.2) is 0 Å². The molecule has 2 fully saturated rings. The second kappa shape index (κ2) is 6.91. The van der Waals surface area contributed by atoms with Gasteiger partial charge in [-0.2, -0.15) is 0 Å². The van der Waals surface area contributed by atoms with Crippen LogP contribution in [0.3, 0.4) is 0 Å². The molecule has 0 aromatic carbocycles. The number of fused-ring (bicyclic) bond motifs is 1. The second-order valence-electron chi connectivity index (χ2n) is 5.31. The Morgan fingerprint density at radius 1 is 1.47 bits per heavy atom. The van der Waals surface area contributed by atoms with E-state index >= 15 is 0 Å². The summed E-state index contributed by atoms with van der Waals surface area (Å²) in [6.45, 7) is 5.23. The molecule has 3 unspecified atom stereocenters. The fourth-order valence-electron chi connectivity index (χ4n) is 3.16. The molecule has 2 aliphatic rings. The molecule has 1 saturated heterocycles. The lowest BCUT2D eigenvalue weighted by Crippen LogP contribution is -2.51. The van der Waals surface area contributed by atoms with Gasteiger partial charge in [0, 0.05) is 31.7 Å². The number of nitrogens with zero attached hydrogens (tertiary/aromatic N) is 1. The molecule has 0 aromatic heterocycles. The maximum absolute atomic E-state index is 12.2. The Balaban J connectivity index is 1.90. The van der Waals surface area contributed by atoms with Crippen LogP contribution in [0.1, 0.15) is 25.7 Å². The van der Waals surface area contributed by atoms with E-state index in [1.165, 1.54) is 0 Å². The molecular formula is C14H24N2O3. The van der Waals surface area contributed by atoms with Gasteiger partial charge in [-0.3, -0.25) is 0 Å². The van der Waals surface area contributed by atoms with Gasteiger partial charge in [-0.1, -0.05) is 6.08 Å². The standard InChI is InChI=1S/C14H24N2O3/c1-2-7-16(8-9-17)14(18)15-12-4-3-5-13-11(12)6-10-19-13/h2,11-13,17H,1,3-10H2,(H,15,18). The molecule has 19 heavy (non-hydrogen) atoms. The van der Waals surface area contributed by atoms with Gasteiger partial charge in [0.2, 0.25) is 0 Å². The Hall–Kier alpha value is -1.07. The molecule has 0 radical (unpaired) electrons. The number of aliphatic hydroxyl groups excluding tert-OH is 1. The zero-order chi connectivity index (χ0) is 13.7. The molecule has 3 atom stereocenters. The van der Waals surface area contributed by atoms with Crippen LogP contribution in [0.25, 0.3) is 0 Å². The molecule has 0 spiro atoms. The maximum atomic E-state index is 12.2. The summed E-state index contributed by atoms with van der Waals surface area (Å²) in [5.74, 6) is 0.456. The van der Waals surface area contributed by atoms with Gasteiger partial charge in [-0.05, 0) is 25.7 Å². The molecule has 2 rings (SSSR count). The maximum Gasteiger partial charge on any atom is 0.317 e. The highest BCUT2D eigenvalue weighted by atomic mass is 16.5. The van der Waals surface area contributed by atoms with Crippen LogP contribution in [0.5, 0.6) is 0 Å². The lowest BCUT2D eigenvalue weighted by Gasteiger charge is -2.34. The van der Waals surface area contributed by atoms with Crippen molar-refractivity contribution >= 4 is 6.03 Å². The van der Waals surface area contributed by atoms with Gasteiger partial charge >= 0.3 is 6.03 Å². The van der Waals surface area contributed by atoms with Crippen molar-refractivity contribution in [3.05, 3.63) is 12.7 Å². The van der Waals surface area contributed by atoms with Crippen molar-refractivity contribution in [3.63, 3.8) is 0 Å². The van der Waals surface area contributed by atoms with E-state index in [9.17, 15) is 4.79 Å². The summed E-state index contributed by atoms with van der Waals surface area (Å²) in [6, 6.07) is 0.103. The molecule has 1 saturated carbocycles. The predicted molar refractivity (Wildman–Crippen MR) is 72.9 cm³/mol. The van der Waals surface area contributed by atoms with Crippen molar-refractivity contribution in [1.82, 2.24) is 10.2 Å². The molecule has 5 nitrogen and oxygen atoms in total. The molecule has 1 heterocycles. The summed E-state index contributed by atoms with van der Waals surface area (Å²) in [6.07, 6.45) is 6.29. The smallest absolute Gasteiger partial charge is 0.317 e. The Kier molecular flexibility index (Phi) is 5.22. The van der Waals surface area contributed by atoms with E-state index < -0.39 is 0 Å². The normalized spacial score (nSPS) is 29.6. The third kappa shape index (κ3) is 3.48. The lowest BCUT2D eigenvalue weighted by molar-refractivity contribution is 0.0537. The summed E-state index contributed by atoms with van der Waals surface area (Å²) in [5.41, 5.74) is 0. The van der Waals surface area contributed by atoms with Crippen LogP contribution in [-0.2, 0) is 4.74 Å². The minimum atomic E-state index is -0.105. The first-order valence-corrected chi connectivity index (χ1v) is 7.15. The topological polar surface area (TPSA) is 61.8 Å². The second-order valence-corrected chi connectivity index (χ2v) is 5.31. The number of amides is 2. The van der Waals surface area contributed by atoms with Crippen LogP contribution in [0.2, 0.25) is 0 Å². The molecule has 108 valence electrons. The van der Waals surface area contributed by atoms with Gasteiger partial charge in [-0.25, -0.2) is 4.79 Å². The van der Waals surface area contributed by atoms with Gasteiger partial charge in [-0.15, -0.1) is 6.58 Å². The van der Waals surface area contributed by atoms with Crippen molar-refractivity contribution < 1.29 is 14.6 Å². The van der Waals surface area contributed by atoms with Crippen LogP contribution in [0.4, 0.5) is 4.79 Å². The fourth-order valence-corrected chi connectivity index (χ4v) is 3.16. The summed E-state index contributed by atoms with van der Waals surface area (Å²) in [4.78, 5) is 13.8. The van der Waals surface area contributed by atoms with E-state index in [4.69, 9.17) is 9.84 Å². The zero-order valence-corrected chi connectivity index (χ0v) is 11.4. The van der Waals surface area contributed by atoms with Crippen molar-refractivity contribution in [2.45, 2.75) is 37.8 Å². The number of ether oxygens (including phenoxy) is 1. The van der Waals surface area contributed by atoms with Crippen LogP contribution in [0.15, 0.2) is 12.7 Å². The van der Waals surface area contributed by atoms with Crippen LogP contribution in [-0.4, -0.2) is 54.5 Å². The number of urea groups is 1. The molecule has 0 bridgehead atoms. The monoisotopic (exact) mass is 268 g/mol. The predicted octanol–water partition coefficient (Wildman–Crippen LogP) is 1.13. The van der Waals surface area contributed by atoms with Crippen molar-refractivity contribution in [1.29, 1.82) is 0 Å². The number of hydrogen-bond donors (Lipinski definition) is 2. The highest BCUT2D eigenvalue weighted by molar-refractivity contribution is 5.74. The van der Waals surface area contributed by atoms with E-state index in [1.807, 2.05) is 0 Å². The van der Waals surface area contributed by atoms with Crippen molar-refractivity contribution in [2.24, 2.45) is 5.92 Å². The van der Waals surface area contributed by atoms with Crippen molar-refractivity contribution in [2.75, 3.05) is 26.3 Å². The Morgan fingerprint density at radius 3 is 3.05 bits per heavy atom. The quantitative estimate of drug-likeness (QED) is 0.735. The zero-order valence-electron chi connectivity index (χ0n) is 11.4. The molecule has 2 N–H and O–H groups in total. The SMILES string of the molecule is C=CCN(CCO)C(=O)NC1CCCC2OCCC12. The third-order valence-corrected chi connectivity index (χ3v) is 4.10. The van der Waals surface area contributed by atoms with Crippen LogP contribution >= 0.6 is 0 Å². The van der Waals surface area contributed by atoms with Gasteiger partial charge in [0.1, 0.15) is 0 Å². The van der Waals surface area contributed by atoms with E-state index in [-0.39, 0.29) is 18.7 Å².